The molecule has 0 bridgehead atoms. The SMILES string of the molecule is COC(C)(C)CCC(N)C1CCC(C(C)(C)C)CC1. The van der Waals surface area contributed by atoms with Gasteiger partial charge in [0.05, 0.1) is 5.60 Å². The Labute approximate surface area is 120 Å². The van der Waals surface area contributed by atoms with Gasteiger partial charge in [-0.1, -0.05) is 20.8 Å². The van der Waals surface area contributed by atoms with Crippen LogP contribution in [0.1, 0.15) is 73.1 Å². The second-order valence-corrected chi connectivity index (χ2v) is 8.14. The highest BCUT2D eigenvalue weighted by Gasteiger charge is 2.32. The largest absolute Gasteiger partial charge is 0.379 e. The summed E-state index contributed by atoms with van der Waals surface area (Å²) in [5, 5.41) is 0. The van der Waals surface area contributed by atoms with E-state index in [9.17, 15) is 0 Å². The maximum Gasteiger partial charge on any atom is 0.0623 e. The molecule has 114 valence electrons. The van der Waals surface area contributed by atoms with Gasteiger partial charge in [-0.25, -0.2) is 0 Å². The molecule has 0 saturated heterocycles. The second kappa shape index (κ2) is 6.58. The summed E-state index contributed by atoms with van der Waals surface area (Å²) >= 11 is 0. The Morgan fingerprint density at radius 2 is 1.58 bits per heavy atom. The molecule has 0 aliphatic heterocycles. The summed E-state index contributed by atoms with van der Waals surface area (Å²) in [5.41, 5.74) is 6.85. The molecule has 1 atom stereocenters. The number of hydrogen-bond donors (Lipinski definition) is 1. The molecular weight excluding hydrogens is 234 g/mol. The molecule has 0 aromatic rings. The molecule has 0 radical (unpaired) electrons. The van der Waals surface area contributed by atoms with Crippen LogP contribution >= 0.6 is 0 Å². The third-order valence-electron chi connectivity index (χ3n) is 5.23. The summed E-state index contributed by atoms with van der Waals surface area (Å²) < 4.78 is 5.48. The lowest BCUT2D eigenvalue weighted by atomic mass is 9.68. The zero-order valence-electron chi connectivity index (χ0n) is 14.0. The fraction of sp³-hybridized carbons (Fsp3) is 1.00. The van der Waals surface area contributed by atoms with Crippen molar-refractivity contribution in [2.75, 3.05) is 7.11 Å². The fourth-order valence-electron chi connectivity index (χ4n) is 3.27. The summed E-state index contributed by atoms with van der Waals surface area (Å²) in [7, 11) is 1.79. The average molecular weight is 269 g/mol. The van der Waals surface area contributed by atoms with Crippen LogP contribution in [0.4, 0.5) is 0 Å². The molecule has 1 saturated carbocycles. The number of rotatable bonds is 5. The van der Waals surface area contributed by atoms with Crippen molar-refractivity contribution in [3.05, 3.63) is 0 Å². The third kappa shape index (κ3) is 5.43. The molecule has 0 aromatic carbocycles. The number of methoxy groups -OCH3 is 1. The van der Waals surface area contributed by atoms with Gasteiger partial charge in [-0.2, -0.15) is 0 Å². The minimum Gasteiger partial charge on any atom is -0.379 e. The molecule has 1 unspecified atom stereocenters. The monoisotopic (exact) mass is 269 g/mol. The first-order valence-electron chi connectivity index (χ1n) is 7.96. The maximum absolute atomic E-state index is 6.41. The molecule has 1 aliphatic rings. The quantitative estimate of drug-likeness (QED) is 0.804. The van der Waals surface area contributed by atoms with E-state index in [0.717, 1.165) is 24.7 Å². The van der Waals surface area contributed by atoms with Crippen LogP contribution in [-0.4, -0.2) is 18.8 Å². The summed E-state index contributed by atoms with van der Waals surface area (Å²) in [4.78, 5) is 0. The molecule has 2 heteroatoms. The van der Waals surface area contributed by atoms with Crippen LogP contribution in [0.5, 0.6) is 0 Å². The smallest absolute Gasteiger partial charge is 0.0623 e. The summed E-state index contributed by atoms with van der Waals surface area (Å²) in [6, 6.07) is 0.357. The number of ether oxygens (including phenoxy) is 1. The maximum atomic E-state index is 6.41. The van der Waals surface area contributed by atoms with Gasteiger partial charge in [-0.15, -0.1) is 0 Å². The van der Waals surface area contributed by atoms with Crippen LogP contribution in [0.3, 0.4) is 0 Å². The van der Waals surface area contributed by atoms with Gasteiger partial charge in [0.25, 0.3) is 0 Å². The Bertz CT molecular complexity index is 259. The van der Waals surface area contributed by atoms with E-state index in [1.54, 1.807) is 7.11 Å². The molecule has 1 fully saturated rings. The highest BCUT2D eigenvalue weighted by Crippen LogP contribution is 2.41. The number of hydrogen-bond acceptors (Lipinski definition) is 2. The van der Waals surface area contributed by atoms with Gasteiger partial charge in [0.15, 0.2) is 0 Å². The first-order valence-corrected chi connectivity index (χ1v) is 7.96. The molecule has 1 aliphatic carbocycles. The topological polar surface area (TPSA) is 35.2 Å². The Kier molecular flexibility index (Phi) is 5.88. The Morgan fingerprint density at radius 1 is 1.05 bits per heavy atom. The van der Waals surface area contributed by atoms with Gasteiger partial charge in [0.2, 0.25) is 0 Å². The van der Waals surface area contributed by atoms with Crippen molar-refractivity contribution in [3.63, 3.8) is 0 Å². The number of nitrogens with two attached hydrogens (primary N) is 1. The molecule has 0 heterocycles. The van der Waals surface area contributed by atoms with Crippen molar-refractivity contribution in [3.8, 4) is 0 Å². The van der Waals surface area contributed by atoms with Gasteiger partial charge in [0, 0.05) is 13.2 Å². The van der Waals surface area contributed by atoms with E-state index in [-0.39, 0.29) is 5.60 Å². The lowest BCUT2D eigenvalue weighted by Crippen LogP contribution is -2.37. The molecule has 0 aromatic heterocycles. The highest BCUT2D eigenvalue weighted by molar-refractivity contribution is 4.85. The van der Waals surface area contributed by atoms with E-state index in [2.05, 4.69) is 34.6 Å². The van der Waals surface area contributed by atoms with E-state index in [1.165, 1.54) is 25.7 Å². The Hall–Kier alpha value is -0.0800. The van der Waals surface area contributed by atoms with E-state index < -0.39 is 0 Å². The van der Waals surface area contributed by atoms with Gasteiger partial charge >= 0.3 is 0 Å². The minimum atomic E-state index is -0.0275. The first kappa shape index (κ1) is 17.0. The van der Waals surface area contributed by atoms with Crippen molar-refractivity contribution in [1.29, 1.82) is 0 Å². The second-order valence-electron chi connectivity index (χ2n) is 8.14. The first-order chi connectivity index (χ1) is 8.65. The molecule has 2 N–H and O–H groups in total. The summed E-state index contributed by atoms with van der Waals surface area (Å²) in [6.07, 6.45) is 7.49. The lowest BCUT2D eigenvalue weighted by molar-refractivity contribution is 0.0102. The minimum absolute atomic E-state index is 0.0275. The van der Waals surface area contributed by atoms with Crippen molar-refractivity contribution in [2.24, 2.45) is 23.0 Å². The standard InChI is InChI=1S/C17H35NO/c1-16(2,3)14-9-7-13(8-10-14)15(18)11-12-17(4,5)19-6/h13-15H,7-12,18H2,1-6H3. The van der Waals surface area contributed by atoms with Crippen LogP contribution < -0.4 is 5.73 Å². The van der Waals surface area contributed by atoms with Crippen molar-refractivity contribution in [1.82, 2.24) is 0 Å². The van der Waals surface area contributed by atoms with Crippen LogP contribution in [0.25, 0.3) is 0 Å². The van der Waals surface area contributed by atoms with Gasteiger partial charge in [-0.3, -0.25) is 0 Å². The third-order valence-corrected chi connectivity index (χ3v) is 5.23. The molecular formula is C17H35NO. The lowest BCUT2D eigenvalue weighted by Gasteiger charge is -2.39. The van der Waals surface area contributed by atoms with Crippen LogP contribution in [0.15, 0.2) is 0 Å². The highest BCUT2D eigenvalue weighted by atomic mass is 16.5. The molecule has 1 rings (SSSR count). The average Bonchev–Trinajstić information content (AvgIpc) is 2.35. The van der Waals surface area contributed by atoms with Gasteiger partial charge in [-0.05, 0) is 69.6 Å². The van der Waals surface area contributed by atoms with E-state index in [4.69, 9.17) is 10.5 Å². The van der Waals surface area contributed by atoms with Crippen LogP contribution in [0.2, 0.25) is 0 Å². The van der Waals surface area contributed by atoms with E-state index in [1.807, 2.05) is 0 Å². The molecule has 2 nitrogen and oxygen atoms in total. The predicted octanol–water partition coefficient (Wildman–Crippen LogP) is 4.37. The zero-order chi connectivity index (χ0) is 14.7. The van der Waals surface area contributed by atoms with Crippen LogP contribution in [0, 0.1) is 17.3 Å². The van der Waals surface area contributed by atoms with Crippen LogP contribution in [-0.2, 0) is 4.74 Å². The van der Waals surface area contributed by atoms with Crippen molar-refractivity contribution in [2.45, 2.75) is 84.8 Å². The Balaban J connectivity index is 2.35. The van der Waals surface area contributed by atoms with E-state index >= 15 is 0 Å². The van der Waals surface area contributed by atoms with Gasteiger partial charge in [0.1, 0.15) is 0 Å². The van der Waals surface area contributed by atoms with Crippen molar-refractivity contribution < 1.29 is 4.74 Å². The molecule has 0 spiro atoms. The van der Waals surface area contributed by atoms with Gasteiger partial charge < -0.3 is 10.5 Å². The predicted molar refractivity (Wildman–Crippen MR) is 83.2 cm³/mol. The zero-order valence-corrected chi connectivity index (χ0v) is 14.0. The molecule has 0 amide bonds. The summed E-state index contributed by atoms with van der Waals surface area (Å²) in [6.45, 7) is 11.4. The van der Waals surface area contributed by atoms with E-state index in [0.29, 0.717) is 11.5 Å². The molecule has 19 heavy (non-hydrogen) atoms. The van der Waals surface area contributed by atoms with Crippen molar-refractivity contribution >= 4 is 0 Å². The fourth-order valence-corrected chi connectivity index (χ4v) is 3.27. The normalized spacial score (nSPS) is 27.3. The summed E-state index contributed by atoms with van der Waals surface area (Å²) in [5.74, 6) is 1.61. The Morgan fingerprint density at radius 3 is 2.00 bits per heavy atom.